The predicted octanol–water partition coefficient (Wildman–Crippen LogP) is 4.67. The molecule has 0 aromatic heterocycles. The van der Waals surface area contributed by atoms with Crippen molar-refractivity contribution in [3.05, 3.63) is 82.9 Å². The van der Waals surface area contributed by atoms with Crippen LogP contribution in [0.4, 0.5) is 11.4 Å². The number of methoxy groups -OCH3 is 1. The molecule has 0 radical (unpaired) electrons. The van der Waals surface area contributed by atoms with Crippen molar-refractivity contribution in [3.63, 3.8) is 0 Å². The number of halogens is 1. The Kier molecular flexibility index (Phi) is 8.37. The molecule has 1 N–H and O–H groups in total. The van der Waals surface area contributed by atoms with Gasteiger partial charge in [-0.1, -0.05) is 35.4 Å². The number of carbonyl (C=O) groups is 2. The number of amides is 1. The molecular weight excluding hydrogens is 492 g/mol. The van der Waals surface area contributed by atoms with Crippen LogP contribution in [0, 0.1) is 6.92 Å². The number of nitrogens with one attached hydrogen (secondary N) is 1. The standard InChI is InChI=1S/C25H25ClN2O6S/c1-4-34-25(30)18-6-5-7-20(14-18)27-24(29)16-28(22-15-19(26)10-13-23(22)33-3)35(31,32)21-11-8-17(2)9-12-21/h5-15H,4,16H2,1-3H3,(H,27,29). The Morgan fingerprint density at radius 3 is 2.40 bits per heavy atom. The number of aryl methyl sites for hydroxylation is 1. The van der Waals surface area contributed by atoms with E-state index in [4.69, 9.17) is 21.1 Å². The smallest absolute Gasteiger partial charge is 0.338 e. The van der Waals surface area contributed by atoms with E-state index in [2.05, 4.69) is 5.32 Å². The largest absolute Gasteiger partial charge is 0.495 e. The van der Waals surface area contributed by atoms with Crippen LogP contribution >= 0.6 is 11.6 Å². The van der Waals surface area contributed by atoms with Gasteiger partial charge in [-0.15, -0.1) is 0 Å². The second-order valence-corrected chi connectivity index (χ2v) is 9.79. The van der Waals surface area contributed by atoms with Crippen LogP contribution in [0.3, 0.4) is 0 Å². The summed E-state index contributed by atoms with van der Waals surface area (Å²) in [6, 6.07) is 16.9. The zero-order chi connectivity index (χ0) is 25.6. The molecule has 0 bridgehead atoms. The fourth-order valence-electron chi connectivity index (χ4n) is 3.26. The molecule has 0 heterocycles. The zero-order valence-corrected chi connectivity index (χ0v) is 21.0. The lowest BCUT2D eigenvalue weighted by atomic mass is 10.2. The van der Waals surface area contributed by atoms with Gasteiger partial charge in [0.25, 0.3) is 10.0 Å². The number of nitrogens with zero attached hydrogens (tertiary/aromatic N) is 1. The van der Waals surface area contributed by atoms with Crippen molar-refractivity contribution < 1.29 is 27.5 Å². The number of carbonyl (C=O) groups excluding carboxylic acids is 2. The van der Waals surface area contributed by atoms with Gasteiger partial charge in [0.1, 0.15) is 12.3 Å². The first-order chi connectivity index (χ1) is 16.6. The van der Waals surface area contributed by atoms with E-state index in [1.807, 2.05) is 6.92 Å². The van der Waals surface area contributed by atoms with E-state index >= 15 is 0 Å². The molecule has 0 saturated heterocycles. The average Bonchev–Trinajstić information content (AvgIpc) is 2.83. The van der Waals surface area contributed by atoms with Crippen LogP contribution in [0.1, 0.15) is 22.8 Å². The fraction of sp³-hybridized carbons (Fsp3) is 0.200. The quantitative estimate of drug-likeness (QED) is 0.415. The van der Waals surface area contributed by atoms with Crippen molar-refractivity contribution in [1.29, 1.82) is 0 Å². The molecule has 10 heteroatoms. The van der Waals surface area contributed by atoms with Crippen molar-refractivity contribution in [2.45, 2.75) is 18.7 Å². The van der Waals surface area contributed by atoms with Crippen molar-refractivity contribution in [3.8, 4) is 5.75 Å². The molecule has 0 spiro atoms. The van der Waals surface area contributed by atoms with Crippen molar-refractivity contribution >= 4 is 44.9 Å². The summed E-state index contributed by atoms with van der Waals surface area (Å²) in [6.07, 6.45) is 0. The molecule has 8 nitrogen and oxygen atoms in total. The summed E-state index contributed by atoms with van der Waals surface area (Å²) in [4.78, 5) is 25.0. The molecule has 0 atom stereocenters. The molecular formula is C25H25ClN2O6S. The molecule has 35 heavy (non-hydrogen) atoms. The number of esters is 1. The van der Waals surface area contributed by atoms with Crippen LogP contribution in [0.25, 0.3) is 0 Å². The highest BCUT2D eigenvalue weighted by Crippen LogP contribution is 2.35. The van der Waals surface area contributed by atoms with E-state index < -0.39 is 28.4 Å². The lowest BCUT2D eigenvalue weighted by molar-refractivity contribution is -0.114. The Morgan fingerprint density at radius 1 is 1.03 bits per heavy atom. The molecule has 0 unspecified atom stereocenters. The maximum atomic E-state index is 13.6. The molecule has 0 saturated carbocycles. The number of benzene rings is 3. The van der Waals surface area contributed by atoms with Gasteiger partial charge in [-0.2, -0.15) is 0 Å². The topological polar surface area (TPSA) is 102 Å². The van der Waals surface area contributed by atoms with E-state index in [-0.39, 0.29) is 33.5 Å². The minimum atomic E-state index is -4.18. The van der Waals surface area contributed by atoms with Gasteiger partial charge in [-0.25, -0.2) is 13.2 Å². The third-order valence-corrected chi connectivity index (χ3v) is 6.97. The van der Waals surface area contributed by atoms with E-state index in [1.165, 1.54) is 37.4 Å². The maximum Gasteiger partial charge on any atom is 0.338 e. The van der Waals surface area contributed by atoms with Crippen LogP contribution < -0.4 is 14.4 Å². The van der Waals surface area contributed by atoms with E-state index in [0.717, 1.165) is 9.87 Å². The first-order valence-electron chi connectivity index (χ1n) is 10.7. The van der Waals surface area contributed by atoms with E-state index in [9.17, 15) is 18.0 Å². The summed E-state index contributed by atoms with van der Waals surface area (Å²) in [7, 11) is -2.78. The number of sulfonamides is 1. The minimum absolute atomic E-state index is 0.00207. The van der Waals surface area contributed by atoms with Crippen molar-refractivity contribution in [2.24, 2.45) is 0 Å². The Balaban J connectivity index is 1.97. The summed E-state index contributed by atoms with van der Waals surface area (Å²) >= 11 is 6.15. The summed E-state index contributed by atoms with van der Waals surface area (Å²) in [6.45, 7) is 3.17. The molecule has 0 aliphatic carbocycles. The van der Waals surface area contributed by atoms with Crippen LogP contribution in [-0.2, 0) is 19.6 Å². The number of rotatable bonds is 9. The van der Waals surface area contributed by atoms with Gasteiger partial charge in [0.15, 0.2) is 0 Å². The SMILES string of the molecule is CCOC(=O)c1cccc(NC(=O)CN(c2cc(Cl)ccc2OC)S(=O)(=O)c2ccc(C)cc2)c1. The monoisotopic (exact) mass is 516 g/mol. The zero-order valence-electron chi connectivity index (χ0n) is 19.4. The maximum absolute atomic E-state index is 13.6. The minimum Gasteiger partial charge on any atom is -0.495 e. The van der Waals surface area contributed by atoms with Gasteiger partial charge in [-0.3, -0.25) is 9.10 Å². The van der Waals surface area contributed by atoms with Gasteiger partial charge < -0.3 is 14.8 Å². The molecule has 184 valence electrons. The highest BCUT2D eigenvalue weighted by atomic mass is 35.5. The van der Waals surface area contributed by atoms with Crippen molar-refractivity contribution in [2.75, 3.05) is 29.9 Å². The fourth-order valence-corrected chi connectivity index (χ4v) is 4.85. The highest BCUT2D eigenvalue weighted by Gasteiger charge is 2.30. The first-order valence-corrected chi connectivity index (χ1v) is 12.5. The second-order valence-electron chi connectivity index (χ2n) is 7.49. The third kappa shape index (κ3) is 6.32. The van der Waals surface area contributed by atoms with Crippen LogP contribution in [-0.4, -0.2) is 40.6 Å². The summed E-state index contributed by atoms with van der Waals surface area (Å²) in [5.41, 5.74) is 1.56. The van der Waals surface area contributed by atoms with Crippen LogP contribution in [0.2, 0.25) is 5.02 Å². The Morgan fingerprint density at radius 2 is 1.74 bits per heavy atom. The van der Waals surface area contributed by atoms with Crippen LogP contribution in [0.15, 0.2) is 71.6 Å². The number of ether oxygens (including phenoxy) is 2. The molecule has 3 aromatic carbocycles. The summed E-state index contributed by atoms with van der Waals surface area (Å²) < 4.78 is 38.5. The lowest BCUT2D eigenvalue weighted by Gasteiger charge is -2.26. The third-order valence-electron chi connectivity index (χ3n) is 4.96. The molecule has 0 fully saturated rings. The Bertz CT molecular complexity index is 1330. The first kappa shape index (κ1) is 26.1. The number of hydrogen-bond acceptors (Lipinski definition) is 6. The summed E-state index contributed by atoms with van der Waals surface area (Å²) in [5, 5.41) is 2.91. The Labute approximate surface area is 209 Å². The molecule has 0 aliphatic rings. The number of hydrogen-bond donors (Lipinski definition) is 1. The highest BCUT2D eigenvalue weighted by molar-refractivity contribution is 7.92. The Hall–Kier alpha value is -3.56. The van der Waals surface area contributed by atoms with Crippen molar-refractivity contribution in [1.82, 2.24) is 0 Å². The van der Waals surface area contributed by atoms with Gasteiger partial charge in [0.2, 0.25) is 5.91 Å². The van der Waals surface area contributed by atoms with Crippen LogP contribution in [0.5, 0.6) is 5.75 Å². The van der Waals surface area contributed by atoms with E-state index in [0.29, 0.717) is 5.69 Å². The van der Waals surface area contributed by atoms with Gasteiger partial charge >= 0.3 is 5.97 Å². The summed E-state index contributed by atoms with van der Waals surface area (Å²) in [5.74, 6) is -0.943. The molecule has 3 aromatic rings. The van der Waals surface area contributed by atoms with Gasteiger partial charge in [-0.05, 0) is 62.4 Å². The molecule has 1 amide bonds. The van der Waals surface area contributed by atoms with E-state index in [1.54, 1.807) is 43.3 Å². The number of anilines is 2. The predicted molar refractivity (Wildman–Crippen MR) is 135 cm³/mol. The normalized spacial score (nSPS) is 11.0. The molecule has 0 aliphatic heterocycles. The lowest BCUT2D eigenvalue weighted by Crippen LogP contribution is -2.38. The van der Waals surface area contributed by atoms with Gasteiger partial charge in [0.05, 0.1) is 29.9 Å². The molecule has 3 rings (SSSR count). The average molecular weight is 517 g/mol. The second kappa shape index (κ2) is 11.2. The van der Waals surface area contributed by atoms with Gasteiger partial charge in [0, 0.05) is 10.7 Å².